The molecule has 23 heavy (non-hydrogen) atoms. The first-order valence-electron chi connectivity index (χ1n) is 7.43. The summed E-state index contributed by atoms with van der Waals surface area (Å²) < 4.78 is 12.9. The minimum absolute atomic E-state index is 0.0846. The van der Waals surface area contributed by atoms with Crippen molar-refractivity contribution in [3.8, 4) is 0 Å². The van der Waals surface area contributed by atoms with Gasteiger partial charge in [0.1, 0.15) is 18.2 Å². The number of fused-ring (bicyclic) bond motifs is 1. The number of hydrogen-bond donors (Lipinski definition) is 0. The molecule has 120 valence electrons. The second-order valence-electron chi connectivity index (χ2n) is 5.33. The Kier molecular flexibility index (Phi) is 3.94. The van der Waals surface area contributed by atoms with Crippen molar-refractivity contribution in [1.29, 1.82) is 0 Å². The lowest BCUT2D eigenvalue weighted by atomic mass is 10.2. The maximum atomic E-state index is 5.93. The van der Waals surface area contributed by atoms with Crippen LogP contribution in [0, 0.1) is 0 Å². The van der Waals surface area contributed by atoms with Gasteiger partial charge in [-0.3, -0.25) is 0 Å². The average Bonchev–Trinajstić information content (AvgIpc) is 3.26. The molecule has 1 atom stereocenters. The number of rotatable bonds is 4. The van der Waals surface area contributed by atoms with Gasteiger partial charge in [0.15, 0.2) is 0 Å². The van der Waals surface area contributed by atoms with Gasteiger partial charge in [0, 0.05) is 24.6 Å². The van der Waals surface area contributed by atoms with Crippen LogP contribution in [-0.2, 0) is 16.1 Å². The van der Waals surface area contributed by atoms with Gasteiger partial charge >= 0.3 is 0 Å². The van der Waals surface area contributed by atoms with Gasteiger partial charge in [0.25, 0.3) is 5.78 Å². The molecule has 1 saturated heterocycles. The highest BCUT2D eigenvalue weighted by Crippen LogP contribution is 2.29. The second-order valence-corrected chi connectivity index (χ2v) is 6.31. The van der Waals surface area contributed by atoms with Crippen molar-refractivity contribution in [2.75, 3.05) is 31.7 Å². The third-order valence-corrected chi connectivity index (χ3v) is 4.79. The lowest BCUT2D eigenvalue weighted by Crippen LogP contribution is -2.39. The van der Waals surface area contributed by atoms with E-state index in [1.54, 1.807) is 23.0 Å². The molecule has 4 heterocycles. The molecule has 4 rings (SSSR count). The van der Waals surface area contributed by atoms with Gasteiger partial charge in [-0.1, -0.05) is 6.07 Å². The van der Waals surface area contributed by atoms with E-state index in [9.17, 15) is 0 Å². The van der Waals surface area contributed by atoms with E-state index in [0.29, 0.717) is 19.0 Å². The van der Waals surface area contributed by atoms with Crippen molar-refractivity contribution in [2.24, 2.45) is 0 Å². The Labute approximate surface area is 137 Å². The Balaban J connectivity index is 1.68. The van der Waals surface area contributed by atoms with Crippen molar-refractivity contribution in [3.05, 3.63) is 40.5 Å². The second kappa shape index (κ2) is 6.23. The SMILES string of the molecule is COCc1cc(N2CCOC(c3cccs3)C2)n2ncnc2n1. The highest BCUT2D eigenvalue weighted by Gasteiger charge is 2.25. The summed E-state index contributed by atoms with van der Waals surface area (Å²) in [6, 6.07) is 6.19. The Morgan fingerprint density at radius 2 is 2.43 bits per heavy atom. The highest BCUT2D eigenvalue weighted by molar-refractivity contribution is 7.10. The van der Waals surface area contributed by atoms with Crippen LogP contribution in [0.25, 0.3) is 5.78 Å². The molecule has 0 aliphatic carbocycles. The molecule has 1 unspecified atom stereocenters. The molecular formula is C15H17N5O2S. The van der Waals surface area contributed by atoms with E-state index in [4.69, 9.17) is 9.47 Å². The van der Waals surface area contributed by atoms with E-state index >= 15 is 0 Å². The highest BCUT2D eigenvalue weighted by atomic mass is 32.1. The van der Waals surface area contributed by atoms with E-state index in [1.807, 2.05) is 6.07 Å². The quantitative estimate of drug-likeness (QED) is 0.728. The maximum Gasteiger partial charge on any atom is 0.254 e. The van der Waals surface area contributed by atoms with Crippen LogP contribution in [0.1, 0.15) is 16.7 Å². The molecule has 0 amide bonds. The lowest BCUT2D eigenvalue weighted by Gasteiger charge is -2.34. The van der Waals surface area contributed by atoms with E-state index < -0.39 is 0 Å². The molecule has 1 aliphatic heterocycles. The van der Waals surface area contributed by atoms with E-state index in [2.05, 4.69) is 37.5 Å². The van der Waals surface area contributed by atoms with Crippen LogP contribution in [0.5, 0.6) is 0 Å². The Bertz CT molecular complexity index is 788. The Morgan fingerprint density at radius 3 is 3.26 bits per heavy atom. The molecule has 0 aromatic carbocycles. The normalized spacial score (nSPS) is 18.7. The van der Waals surface area contributed by atoms with Crippen LogP contribution in [0.3, 0.4) is 0 Å². The number of methoxy groups -OCH3 is 1. The summed E-state index contributed by atoms with van der Waals surface area (Å²) in [6.07, 6.45) is 1.61. The zero-order valence-corrected chi connectivity index (χ0v) is 13.6. The average molecular weight is 331 g/mol. The zero-order chi connectivity index (χ0) is 15.6. The largest absolute Gasteiger partial charge is 0.378 e. The summed E-state index contributed by atoms with van der Waals surface area (Å²) in [6.45, 7) is 2.73. The molecule has 1 aliphatic rings. The predicted molar refractivity (Wildman–Crippen MR) is 86.7 cm³/mol. The number of ether oxygens (including phenoxy) is 2. The van der Waals surface area contributed by atoms with E-state index in [-0.39, 0.29) is 6.10 Å². The zero-order valence-electron chi connectivity index (χ0n) is 12.8. The molecule has 0 radical (unpaired) electrons. The first-order valence-corrected chi connectivity index (χ1v) is 8.31. The third kappa shape index (κ3) is 2.80. The molecule has 3 aromatic heterocycles. The standard InChI is InChI=1S/C15H17N5O2S/c1-21-9-11-7-14(20-15(18-11)16-10-17-20)19-4-5-22-12(8-19)13-3-2-6-23-13/h2-3,6-7,10,12H,4-5,8-9H2,1H3. The first-order chi connectivity index (χ1) is 11.3. The van der Waals surface area contributed by atoms with Gasteiger partial charge in [-0.25, -0.2) is 4.98 Å². The van der Waals surface area contributed by atoms with Crippen LogP contribution in [0.4, 0.5) is 5.82 Å². The topological polar surface area (TPSA) is 64.8 Å². The van der Waals surface area contributed by atoms with Crippen LogP contribution in [-0.4, -0.2) is 46.4 Å². The van der Waals surface area contributed by atoms with Crippen molar-refractivity contribution < 1.29 is 9.47 Å². The van der Waals surface area contributed by atoms with Gasteiger partial charge in [-0.15, -0.1) is 11.3 Å². The summed E-state index contributed by atoms with van der Waals surface area (Å²) >= 11 is 1.72. The summed E-state index contributed by atoms with van der Waals surface area (Å²) in [7, 11) is 1.66. The van der Waals surface area contributed by atoms with Gasteiger partial charge < -0.3 is 14.4 Å². The van der Waals surface area contributed by atoms with E-state index in [1.165, 1.54) is 11.2 Å². The number of aromatic nitrogens is 4. The molecule has 1 fully saturated rings. The van der Waals surface area contributed by atoms with Crippen LogP contribution in [0.2, 0.25) is 0 Å². The molecule has 0 spiro atoms. The fourth-order valence-corrected chi connectivity index (χ4v) is 3.56. The summed E-state index contributed by atoms with van der Waals surface area (Å²) in [5.74, 6) is 1.57. The number of morpholine rings is 1. The fourth-order valence-electron chi connectivity index (χ4n) is 2.80. The van der Waals surface area contributed by atoms with Crippen molar-refractivity contribution >= 4 is 22.9 Å². The van der Waals surface area contributed by atoms with Crippen molar-refractivity contribution in [2.45, 2.75) is 12.7 Å². The third-order valence-electron chi connectivity index (χ3n) is 3.83. The molecular weight excluding hydrogens is 314 g/mol. The lowest BCUT2D eigenvalue weighted by molar-refractivity contribution is 0.0417. The molecule has 3 aromatic rings. The first kappa shape index (κ1) is 14.6. The Hall–Kier alpha value is -2.03. The van der Waals surface area contributed by atoms with Crippen LogP contribution >= 0.6 is 11.3 Å². The summed E-state index contributed by atoms with van der Waals surface area (Å²) in [4.78, 5) is 12.2. The fraction of sp³-hybridized carbons (Fsp3) is 0.400. The number of hydrogen-bond acceptors (Lipinski definition) is 7. The van der Waals surface area contributed by atoms with Gasteiger partial charge in [-0.05, 0) is 11.4 Å². The smallest absolute Gasteiger partial charge is 0.254 e. The van der Waals surface area contributed by atoms with E-state index in [0.717, 1.165) is 24.6 Å². The monoisotopic (exact) mass is 331 g/mol. The van der Waals surface area contributed by atoms with Crippen LogP contribution in [0.15, 0.2) is 29.9 Å². The minimum atomic E-state index is 0.0846. The van der Waals surface area contributed by atoms with Gasteiger partial charge in [-0.2, -0.15) is 14.6 Å². The van der Waals surface area contributed by atoms with Gasteiger partial charge in [0.05, 0.1) is 25.5 Å². The summed E-state index contributed by atoms with van der Waals surface area (Å²) in [5.41, 5.74) is 0.849. The number of thiophene rings is 1. The molecule has 8 heteroatoms. The molecule has 0 bridgehead atoms. The minimum Gasteiger partial charge on any atom is -0.378 e. The van der Waals surface area contributed by atoms with Crippen LogP contribution < -0.4 is 4.90 Å². The molecule has 0 saturated carbocycles. The predicted octanol–water partition coefficient (Wildman–Crippen LogP) is 1.91. The number of anilines is 1. The van der Waals surface area contributed by atoms with Crippen molar-refractivity contribution in [1.82, 2.24) is 19.6 Å². The maximum absolute atomic E-state index is 5.93. The van der Waals surface area contributed by atoms with Gasteiger partial charge in [0.2, 0.25) is 0 Å². The molecule has 0 N–H and O–H groups in total. The Morgan fingerprint density at radius 1 is 1.48 bits per heavy atom. The van der Waals surface area contributed by atoms with Crippen molar-refractivity contribution in [3.63, 3.8) is 0 Å². The number of nitrogens with zero attached hydrogens (tertiary/aromatic N) is 5. The molecule has 7 nitrogen and oxygen atoms in total. The summed E-state index contributed by atoms with van der Waals surface area (Å²) in [5, 5.41) is 6.38.